The van der Waals surface area contributed by atoms with Crippen LogP contribution in [0, 0.1) is 13.8 Å². The molecular weight excluding hydrogens is 372 g/mol. The third-order valence-electron chi connectivity index (χ3n) is 0. The molecule has 0 bridgehead atoms. The molecule has 6 heavy (non-hydrogen) atoms. The Hall–Kier alpha value is 1.47. The van der Waals surface area contributed by atoms with Crippen LogP contribution in [0.15, 0.2) is 0 Å². The standard InChI is InChI=1S/2C2H5.Au.HI/c2*1-2;;/h2*1H2,2H3;;1H/q2*-1;+1;/p-1. The molecule has 0 fully saturated rings. The fourth-order valence-electron chi connectivity index (χ4n) is 0. The van der Waals surface area contributed by atoms with Gasteiger partial charge >= 0.3 is 36.3 Å². The predicted molar refractivity (Wildman–Crippen MR) is 36.1 cm³/mol. The molecule has 0 nitrogen and oxygen atoms in total. The molecule has 0 saturated heterocycles. The summed E-state index contributed by atoms with van der Waals surface area (Å²) in [6, 6.07) is 0. The first-order valence-corrected chi connectivity index (χ1v) is 7.67. The second-order valence-electron chi connectivity index (χ2n) is 0. The van der Waals surface area contributed by atoms with Crippen LogP contribution < -0.4 is 0 Å². The molecule has 0 atom stereocenters. The van der Waals surface area contributed by atoms with E-state index < -0.39 is 0 Å². The van der Waals surface area contributed by atoms with Gasteiger partial charge < -0.3 is 13.8 Å². The Morgan fingerprint density at radius 3 is 1.00 bits per heavy atom. The Bertz CT molecular complexity index is 7.51. The molecule has 0 spiro atoms. The molecule has 0 amide bonds. The van der Waals surface area contributed by atoms with Crippen molar-refractivity contribution in [1.29, 1.82) is 0 Å². The molecule has 0 radical (unpaired) electrons. The molecule has 0 saturated carbocycles. The normalized spacial score (nSPS) is 3.17. The van der Waals surface area contributed by atoms with Gasteiger partial charge in [-0.15, -0.1) is 0 Å². The van der Waals surface area contributed by atoms with Crippen LogP contribution in [0.2, 0.25) is 0 Å². The molecule has 0 aliphatic carbocycles. The van der Waals surface area contributed by atoms with Crippen LogP contribution in [0.1, 0.15) is 13.8 Å². The molecule has 0 rings (SSSR count). The minimum atomic E-state index is 1.75. The van der Waals surface area contributed by atoms with Gasteiger partial charge in [-0.3, -0.25) is 0 Å². The van der Waals surface area contributed by atoms with E-state index in [0.717, 1.165) is 0 Å². The molecule has 0 aliphatic rings. The van der Waals surface area contributed by atoms with Gasteiger partial charge in [0, 0.05) is 0 Å². The van der Waals surface area contributed by atoms with Crippen molar-refractivity contribution in [3.63, 3.8) is 0 Å². The van der Waals surface area contributed by atoms with Crippen LogP contribution in [0.4, 0.5) is 0 Å². The maximum atomic E-state index is 3.25. The van der Waals surface area contributed by atoms with Gasteiger partial charge in [-0.2, -0.15) is 13.8 Å². The average molecular weight is 382 g/mol. The summed E-state index contributed by atoms with van der Waals surface area (Å²) in [5, 5.41) is 0. The zero-order valence-electron chi connectivity index (χ0n) is 4.09. The van der Waals surface area contributed by atoms with Crippen molar-refractivity contribution in [2.24, 2.45) is 0 Å². The second-order valence-corrected chi connectivity index (χ2v) is 0. The van der Waals surface area contributed by atoms with E-state index in [1.165, 1.54) is 0 Å². The Kier molecular flexibility index (Phi) is 234. The molecule has 0 heterocycles. The van der Waals surface area contributed by atoms with Crippen molar-refractivity contribution in [3.05, 3.63) is 13.8 Å². The van der Waals surface area contributed by atoms with Crippen LogP contribution in [-0.4, -0.2) is 0 Å². The number of hydrogen-bond acceptors (Lipinski definition) is 0. The predicted octanol–water partition coefficient (Wildman–Crippen LogP) is 2.56. The summed E-state index contributed by atoms with van der Waals surface area (Å²) in [5.41, 5.74) is 0. The molecule has 0 aliphatic heterocycles. The Labute approximate surface area is 63.5 Å². The van der Waals surface area contributed by atoms with Crippen molar-refractivity contribution in [2.75, 3.05) is 0 Å². The number of hydrogen-bond donors (Lipinski definition) is 0. The summed E-state index contributed by atoms with van der Waals surface area (Å²) in [5.74, 6) is 0. The van der Waals surface area contributed by atoms with Gasteiger partial charge in [0.2, 0.25) is 0 Å². The van der Waals surface area contributed by atoms with E-state index >= 15 is 0 Å². The number of halogens is 1. The molecule has 0 aromatic heterocycles. The van der Waals surface area contributed by atoms with E-state index in [2.05, 4.69) is 50.1 Å². The van der Waals surface area contributed by atoms with Crippen molar-refractivity contribution < 1.29 is 17.3 Å². The maximum absolute atomic E-state index is 3.25. The van der Waals surface area contributed by atoms with Crippen molar-refractivity contribution in [1.82, 2.24) is 0 Å². The summed E-state index contributed by atoms with van der Waals surface area (Å²) in [6.45, 7) is 10.0. The minimum absolute atomic E-state index is 1.75. The second kappa shape index (κ2) is 89.6. The molecule has 0 N–H and O–H groups in total. The van der Waals surface area contributed by atoms with Crippen LogP contribution in [0.5, 0.6) is 0 Å². The van der Waals surface area contributed by atoms with Crippen molar-refractivity contribution >= 4 is 19.0 Å². The fraction of sp³-hybridized carbons (Fsp3) is 0.500. The van der Waals surface area contributed by atoms with Crippen LogP contribution in [0.3, 0.4) is 0 Å². The third kappa shape index (κ3) is 50.6. The van der Waals surface area contributed by atoms with Gasteiger partial charge in [0.05, 0.1) is 0 Å². The zero-order chi connectivity index (χ0) is 6.00. The van der Waals surface area contributed by atoms with E-state index in [4.69, 9.17) is 0 Å². The monoisotopic (exact) mass is 382 g/mol. The van der Waals surface area contributed by atoms with Gasteiger partial charge in [-0.05, 0) is 0 Å². The Morgan fingerprint density at radius 1 is 1.00 bits per heavy atom. The third-order valence-corrected chi connectivity index (χ3v) is 0. The van der Waals surface area contributed by atoms with E-state index in [9.17, 15) is 0 Å². The van der Waals surface area contributed by atoms with Crippen molar-refractivity contribution in [3.8, 4) is 0 Å². The molecule has 0 unspecified atom stereocenters. The summed E-state index contributed by atoms with van der Waals surface area (Å²) >= 11 is 4.34. The quantitative estimate of drug-likeness (QED) is 0.343. The van der Waals surface area contributed by atoms with Gasteiger partial charge in [0.15, 0.2) is 0 Å². The first kappa shape index (κ1) is 15.6. The van der Waals surface area contributed by atoms with E-state index in [1.807, 2.05) is 0 Å². The average Bonchev–Trinajstić information content (AvgIpc) is 1.81. The van der Waals surface area contributed by atoms with Crippen LogP contribution >= 0.6 is 19.0 Å². The molecule has 2 heteroatoms. The van der Waals surface area contributed by atoms with Crippen LogP contribution in [0.25, 0.3) is 0 Å². The number of rotatable bonds is 0. The van der Waals surface area contributed by atoms with E-state index in [1.54, 1.807) is 13.8 Å². The van der Waals surface area contributed by atoms with Gasteiger partial charge in [-0.1, -0.05) is 0 Å². The van der Waals surface area contributed by atoms with E-state index in [-0.39, 0.29) is 0 Å². The van der Waals surface area contributed by atoms with E-state index in [0.29, 0.717) is 0 Å². The zero-order valence-corrected chi connectivity index (χ0v) is 8.42. The Morgan fingerprint density at radius 2 is 1.00 bits per heavy atom. The first-order chi connectivity index (χ1) is 3.00. The topological polar surface area (TPSA) is 0 Å². The van der Waals surface area contributed by atoms with Crippen LogP contribution in [-0.2, 0) is 17.3 Å². The Balaban J connectivity index is -0.0000000225. The molecular formula is C4H10AuI-2. The van der Waals surface area contributed by atoms with Gasteiger partial charge in [0.1, 0.15) is 0 Å². The SMILES string of the molecule is [CH2-]C.[CH2-]C.[I][Au]. The summed E-state index contributed by atoms with van der Waals surface area (Å²) in [6.07, 6.45) is 0. The molecule has 46 valence electrons. The molecule has 0 aromatic carbocycles. The first-order valence-electron chi connectivity index (χ1n) is 1.53. The van der Waals surface area contributed by atoms with Gasteiger partial charge in [-0.25, -0.2) is 0 Å². The van der Waals surface area contributed by atoms with Crippen molar-refractivity contribution in [2.45, 2.75) is 13.8 Å². The summed E-state index contributed by atoms with van der Waals surface area (Å²) in [4.78, 5) is 0. The van der Waals surface area contributed by atoms with Gasteiger partial charge in [0.25, 0.3) is 0 Å². The molecule has 0 aromatic rings. The summed E-state index contributed by atoms with van der Waals surface area (Å²) in [7, 11) is 0. The summed E-state index contributed by atoms with van der Waals surface area (Å²) < 4.78 is 0. The fourth-order valence-corrected chi connectivity index (χ4v) is 0.